The van der Waals surface area contributed by atoms with Crippen molar-refractivity contribution in [3.63, 3.8) is 0 Å². The van der Waals surface area contributed by atoms with Crippen molar-refractivity contribution in [1.82, 2.24) is 24.6 Å². The van der Waals surface area contributed by atoms with Gasteiger partial charge in [0.15, 0.2) is 5.82 Å². The van der Waals surface area contributed by atoms with Crippen LogP contribution in [0, 0.1) is 0 Å². The van der Waals surface area contributed by atoms with Crippen molar-refractivity contribution in [2.75, 3.05) is 11.9 Å². The molecule has 37 heavy (non-hydrogen) atoms. The summed E-state index contributed by atoms with van der Waals surface area (Å²) in [5.74, 6) is 2.67. The second kappa shape index (κ2) is 9.23. The molecule has 1 N–H and O–H groups in total. The van der Waals surface area contributed by atoms with Crippen LogP contribution in [0.25, 0.3) is 10.9 Å². The molecule has 0 bridgehead atoms. The van der Waals surface area contributed by atoms with E-state index in [1.165, 1.54) is 10.9 Å². The Labute approximate surface area is 212 Å². The highest BCUT2D eigenvalue weighted by Crippen LogP contribution is 2.40. The fourth-order valence-electron chi connectivity index (χ4n) is 4.58. The van der Waals surface area contributed by atoms with Crippen LogP contribution in [-0.2, 0) is 17.7 Å². The van der Waals surface area contributed by atoms with Gasteiger partial charge in [-0.3, -0.25) is 14.8 Å². The molecule has 0 saturated heterocycles. The average Bonchev–Trinajstić information content (AvgIpc) is 3.49. The molecule has 1 saturated carbocycles. The van der Waals surface area contributed by atoms with E-state index < -0.39 is 0 Å². The van der Waals surface area contributed by atoms with Gasteiger partial charge in [0.25, 0.3) is 0 Å². The molecule has 6 rings (SSSR count). The van der Waals surface area contributed by atoms with Gasteiger partial charge in [0, 0.05) is 35.2 Å². The number of nitrogens with one attached hydrogen (secondary N) is 1. The first kappa shape index (κ1) is 23.0. The molecule has 11 nitrogen and oxygen atoms in total. The Kier molecular flexibility index (Phi) is 5.74. The number of hydrogen-bond donors (Lipinski definition) is 1. The molecule has 1 aliphatic carbocycles. The number of amides is 2. The number of hydrogen-bond acceptors (Lipinski definition) is 8. The van der Waals surface area contributed by atoms with E-state index in [-0.39, 0.29) is 18.2 Å². The van der Waals surface area contributed by atoms with E-state index in [4.69, 9.17) is 14.0 Å². The second-order valence-electron chi connectivity index (χ2n) is 9.31. The molecule has 190 valence electrons. The number of fused-ring (bicyclic) bond motifs is 2. The molecule has 4 aromatic rings. The molecule has 1 fully saturated rings. The number of carbonyl (C=O) groups is 2. The monoisotopic (exact) mass is 502 g/mol. The third kappa shape index (κ3) is 4.48. The van der Waals surface area contributed by atoms with Gasteiger partial charge in [-0.05, 0) is 57.4 Å². The smallest absolute Gasteiger partial charge is 0.410 e. The lowest BCUT2D eigenvalue weighted by Crippen LogP contribution is -2.43. The summed E-state index contributed by atoms with van der Waals surface area (Å²) in [5, 5.41) is 7.57. The second-order valence-corrected chi connectivity index (χ2v) is 9.31. The maximum atomic E-state index is 12.9. The largest absolute Gasteiger partial charge is 0.450 e. The molecule has 1 atom stereocenters. The molecule has 2 aliphatic rings. The molecule has 4 heterocycles. The molecule has 1 aliphatic heterocycles. The molecule has 11 heteroatoms. The van der Waals surface area contributed by atoms with Crippen molar-refractivity contribution in [2.45, 2.75) is 51.6 Å². The maximum Gasteiger partial charge on any atom is 0.410 e. The SMILES string of the molecule is CCOC(=O)N1Cc2ncnc(Oc3ccc4c(ccn4C(=O)Nc4cc(C5CC5)on4)c3)c2C[C@@H]1C. The van der Waals surface area contributed by atoms with Crippen LogP contribution in [-0.4, -0.2) is 49.4 Å². The van der Waals surface area contributed by atoms with Gasteiger partial charge in [0.05, 0.1) is 24.4 Å². The van der Waals surface area contributed by atoms with Crippen molar-refractivity contribution in [3.8, 4) is 11.6 Å². The summed E-state index contributed by atoms with van der Waals surface area (Å²) in [6.07, 6.45) is 5.52. The first-order chi connectivity index (χ1) is 18.0. The van der Waals surface area contributed by atoms with E-state index in [2.05, 4.69) is 20.4 Å². The average molecular weight is 503 g/mol. The molecule has 2 amide bonds. The van der Waals surface area contributed by atoms with E-state index in [1.54, 1.807) is 30.2 Å². The lowest BCUT2D eigenvalue weighted by atomic mass is 10.00. The zero-order valence-electron chi connectivity index (χ0n) is 20.5. The lowest BCUT2D eigenvalue weighted by molar-refractivity contribution is 0.0849. The number of nitrogens with zero attached hydrogens (tertiary/aromatic N) is 5. The Hall–Kier alpha value is -4.41. The van der Waals surface area contributed by atoms with Crippen LogP contribution in [0.15, 0.2) is 47.4 Å². The maximum absolute atomic E-state index is 12.9. The number of anilines is 1. The van der Waals surface area contributed by atoms with E-state index >= 15 is 0 Å². The summed E-state index contributed by atoms with van der Waals surface area (Å²) in [6.45, 7) is 4.40. The number of carbonyl (C=O) groups excluding carboxylic acids is 2. The molecule has 0 radical (unpaired) electrons. The predicted molar refractivity (Wildman–Crippen MR) is 133 cm³/mol. The van der Waals surface area contributed by atoms with Gasteiger partial charge in [-0.1, -0.05) is 5.16 Å². The fourth-order valence-corrected chi connectivity index (χ4v) is 4.58. The van der Waals surface area contributed by atoms with Crippen molar-refractivity contribution in [1.29, 1.82) is 0 Å². The van der Waals surface area contributed by atoms with E-state index in [0.717, 1.165) is 40.8 Å². The summed E-state index contributed by atoms with van der Waals surface area (Å²) in [7, 11) is 0. The minimum Gasteiger partial charge on any atom is -0.450 e. The summed E-state index contributed by atoms with van der Waals surface area (Å²) in [5.41, 5.74) is 2.32. The Bertz CT molecular complexity index is 1490. The number of ether oxygens (including phenoxy) is 2. The zero-order valence-corrected chi connectivity index (χ0v) is 20.5. The van der Waals surface area contributed by atoms with Gasteiger partial charge in [-0.2, -0.15) is 0 Å². The van der Waals surface area contributed by atoms with Gasteiger partial charge in [0.1, 0.15) is 17.8 Å². The molecule has 0 unspecified atom stereocenters. The minimum atomic E-state index is -0.354. The Morgan fingerprint density at radius 2 is 2.05 bits per heavy atom. The van der Waals surface area contributed by atoms with E-state index in [9.17, 15) is 9.59 Å². The molecule has 1 aromatic carbocycles. The topological polar surface area (TPSA) is 125 Å². The minimum absolute atomic E-state index is 0.0833. The first-order valence-electron chi connectivity index (χ1n) is 12.3. The Morgan fingerprint density at radius 3 is 2.86 bits per heavy atom. The van der Waals surface area contributed by atoms with Crippen LogP contribution < -0.4 is 10.1 Å². The Balaban J connectivity index is 1.19. The summed E-state index contributed by atoms with van der Waals surface area (Å²) in [4.78, 5) is 35.5. The van der Waals surface area contributed by atoms with Crippen LogP contribution in [0.3, 0.4) is 0 Å². The van der Waals surface area contributed by atoms with Crippen LogP contribution in [0.2, 0.25) is 0 Å². The lowest BCUT2D eigenvalue weighted by Gasteiger charge is -2.33. The van der Waals surface area contributed by atoms with Gasteiger partial charge in [-0.15, -0.1) is 0 Å². The highest BCUT2D eigenvalue weighted by Gasteiger charge is 2.31. The van der Waals surface area contributed by atoms with Crippen LogP contribution in [0.4, 0.5) is 15.4 Å². The van der Waals surface area contributed by atoms with Crippen LogP contribution >= 0.6 is 0 Å². The van der Waals surface area contributed by atoms with Crippen molar-refractivity contribution in [2.24, 2.45) is 0 Å². The third-order valence-electron chi connectivity index (χ3n) is 6.69. The van der Waals surface area contributed by atoms with Crippen molar-refractivity contribution in [3.05, 3.63) is 59.9 Å². The van der Waals surface area contributed by atoms with Crippen LogP contribution in [0.1, 0.15) is 49.6 Å². The predicted octanol–water partition coefficient (Wildman–Crippen LogP) is 5.07. The van der Waals surface area contributed by atoms with Gasteiger partial charge in [0.2, 0.25) is 5.88 Å². The standard InChI is InChI=1S/C26H26N6O5/c1-3-35-26(34)32-13-20-19(10-15(32)2)24(28-14-27-20)36-18-6-7-21-17(11-18)8-9-31(21)25(33)29-23-12-22(37-30-23)16-4-5-16/h6-9,11-12,14-16H,3-5,10,13H2,1-2H3,(H,29,30,33)/t15-/m0/s1. The van der Waals surface area contributed by atoms with E-state index in [1.807, 2.05) is 25.1 Å². The Morgan fingerprint density at radius 1 is 1.19 bits per heavy atom. The molecule has 3 aromatic heterocycles. The normalized spacial score (nSPS) is 16.9. The first-order valence-corrected chi connectivity index (χ1v) is 12.3. The van der Waals surface area contributed by atoms with Crippen molar-refractivity contribution < 1.29 is 23.6 Å². The summed E-state index contributed by atoms with van der Waals surface area (Å²) >= 11 is 0. The molecular weight excluding hydrogens is 476 g/mol. The van der Waals surface area contributed by atoms with Gasteiger partial charge < -0.3 is 14.0 Å². The van der Waals surface area contributed by atoms with Crippen LogP contribution in [0.5, 0.6) is 11.6 Å². The van der Waals surface area contributed by atoms with Gasteiger partial charge in [-0.25, -0.2) is 19.6 Å². The quantitative estimate of drug-likeness (QED) is 0.401. The zero-order chi connectivity index (χ0) is 25.5. The van der Waals surface area contributed by atoms with Crippen molar-refractivity contribution >= 4 is 28.8 Å². The number of benzene rings is 1. The molecular formula is C26H26N6O5. The van der Waals surface area contributed by atoms with E-state index in [0.29, 0.717) is 42.9 Å². The third-order valence-corrected chi connectivity index (χ3v) is 6.69. The summed E-state index contributed by atoms with van der Waals surface area (Å²) in [6, 6.07) is 8.67. The number of aromatic nitrogens is 4. The fraction of sp³-hybridized carbons (Fsp3) is 0.346. The highest BCUT2D eigenvalue weighted by molar-refractivity contribution is 5.98. The number of rotatable bonds is 5. The highest BCUT2D eigenvalue weighted by atomic mass is 16.6. The molecule has 0 spiro atoms. The van der Waals surface area contributed by atoms with Gasteiger partial charge >= 0.3 is 12.1 Å². The summed E-state index contributed by atoms with van der Waals surface area (Å²) < 4.78 is 18.2.